The zero-order valence-corrected chi connectivity index (χ0v) is 37.3. The maximum Gasteiger partial charge on any atom is 0.341 e. The van der Waals surface area contributed by atoms with Crippen LogP contribution >= 0.6 is 0 Å². The van der Waals surface area contributed by atoms with E-state index in [9.17, 15) is 60.3 Å². The monoisotopic (exact) mass is 977 g/mol. The molecule has 15 unspecified atom stereocenters. The quantitative estimate of drug-likeness (QED) is 0.0830. The van der Waals surface area contributed by atoms with Crippen molar-refractivity contribution in [2.45, 2.75) is 156 Å². The highest BCUT2D eigenvalue weighted by Crippen LogP contribution is 2.42. The number of carbonyl (C=O) groups is 2. The van der Waals surface area contributed by atoms with Gasteiger partial charge in [-0.3, -0.25) is 9.59 Å². The fourth-order valence-electron chi connectivity index (χ4n) is 9.20. The van der Waals surface area contributed by atoms with Gasteiger partial charge in [-0.25, -0.2) is 13.6 Å². The van der Waals surface area contributed by atoms with E-state index in [1.807, 2.05) is 13.8 Å². The Morgan fingerprint density at radius 1 is 0.897 bits per heavy atom. The number of ether oxygens (including phenoxy) is 4. The molecule has 68 heavy (non-hydrogen) atoms. The topological polar surface area (TPSA) is 433 Å². The number of aromatic carboxylic acids is 1. The number of fused-ring (bicyclic) bond motifs is 1. The molecule has 21 N–H and O–H groups in total. The summed E-state index contributed by atoms with van der Waals surface area (Å²) in [5, 5.41) is 97.1. The molecule has 3 saturated heterocycles. The first-order valence-corrected chi connectivity index (χ1v) is 22.4. The largest absolute Gasteiger partial charge is 0.477 e. The second-order valence-electron chi connectivity index (χ2n) is 18.1. The van der Waals surface area contributed by atoms with Crippen molar-refractivity contribution >= 4 is 34.2 Å². The molecule has 0 bridgehead atoms. The molecule has 0 radical (unpaired) electrons. The molecule has 18 atom stereocenters. The number of nitrogen functional groups attached to an aromatic ring is 1. The number of benzene rings is 1. The van der Waals surface area contributed by atoms with Crippen LogP contribution < -0.4 is 49.6 Å². The third kappa shape index (κ3) is 10.9. The number of nitrogens with one attached hydrogen (secondary N) is 2. The van der Waals surface area contributed by atoms with Gasteiger partial charge < -0.3 is 114 Å². The lowest BCUT2D eigenvalue weighted by Crippen LogP contribution is -2.69. The van der Waals surface area contributed by atoms with Gasteiger partial charge in [-0.2, -0.15) is 0 Å². The summed E-state index contributed by atoms with van der Waals surface area (Å²) in [6.45, 7) is 3.70. The van der Waals surface area contributed by atoms with Crippen LogP contribution in [0.25, 0.3) is 10.9 Å². The molecule has 0 spiro atoms. The van der Waals surface area contributed by atoms with Crippen molar-refractivity contribution < 1.29 is 83.3 Å². The first-order valence-electron chi connectivity index (χ1n) is 22.4. The highest BCUT2D eigenvalue weighted by atomic mass is 19.1. The minimum Gasteiger partial charge on any atom is -0.477 e. The Bertz CT molecular complexity index is 2150. The van der Waals surface area contributed by atoms with Crippen molar-refractivity contribution in [1.82, 2.24) is 15.2 Å². The summed E-state index contributed by atoms with van der Waals surface area (Å²) < 4.78 is 54.8. The number of nitrogens with zero attached hydrogens (tertiary/aromatic N) is 2. The number of aliphatic hydroxyl groups excluding tert-OH is 8. The van der Waals surface area contributed by atoms with Gasteiger partial charge in [0, 0.05) is 50.0 Å². The molecule has 2 aromatic rings. The van der Waals surface area contributed by atoms with Crippen molar-refractivity contribution in [3.05, 3.63) is 33.6 Å². The number of aromatic nitrogens is 1. The first-order chi connectivity index (χ1) is 32.1. The lowest BCUT2D eigenvalue weighted by atomic mass is 9.83. The van der Waals surface area contributed by atoms with E-state index < -0.39 is 150 Å². The van der Waals surface area contributed by atoms with Gasteiger partial charge in [0.15, 0.2) is 24.2 Å². The number of hydrogen-bond acceptors (Lipinski definition) is 22. The fraction of sp³-hybridized carbons (Fsp3) is 0.732. The number of nitrogens with two attached hydrogens (primary N) is 5. The average molecular weight is 978 g/mol. The molecule has 2 saturated carbocycles. The summed E-state index contributed by atoms with van der Waals surface area (Å²) >= 11 is 0. The third-order valence-corrected chi connectivity index (χ3v) is 12.9. The van der Waals surface area contributed by atoms with Crippen LogP contribution in [-0.4, -0.2) is 205 Å². The lowest BCUT2D eigenvalue weighted by molar-refractivity contribution is -0.332. The van der Waals surface area contributed by atoms with E-state index in [0.29, 0.717) is 13.1 Å². The fourth-order valence-corrected chi connectivity index (χ4v) is 9.20. The molecule has 27 heteroatoms. The van der Waals surface area contributed by atoms with Crippen LogP contribution in [0, 0.1) is 11.6 Å². The number of pyridine rings is 1. The molecule has 384 valence electrons. The van der Waals surface area contributed by atoms with Crippen molar-refractivity contribution in [3.8, 4) is 0 Å². The van der Waals surface area contributed by atoms with Crippen LogP contribution in [0.1, 0.15) is 55.9 Å². The number of hydrogen-bond donors (Lipinski definition) is 16. The number of rotatable bonds is 13. The van der Waals surface area contributed by atoms with Crippen LogP contribution in [0.3, 0.4) is 0 Å². The van der Waals surface area contributed by atoms with E-state index in [1.165, 1.54) is 4.57 Å². The number of aliphatic hydroxyl groups is 8. The van der Waals surface area contributed by atoms with Gasteiger partial charge in [-0.15, -0.1) is 0 Å². The van der Waals surface area contributed by atoms with E-state index in [4.69, 9.17) is 47.6 Å². The van der Waals surface area contributed by atoms with Crippen molar-refractivity contribution in [2.24, 2.45) is 22.9 Å². The Morgan fingerprint density at radius 2 is 1.50 bits per heavy atom. The maximum atomic E-state index is 15.6. The Labute approximate surface area is 387 Å². The normalized spacial score (nSPS) is 37.0. The molecule has 7 rings (SSSR count). The summed E-state index contributed by atoms with van der Waals surface area (Å²) in [6, 6.07) is -3.56. The molecular formula is C41H65F2N9O16. The number of anilines is 2. The molecule has 4 heterocycles. The summed E-state index contributed by atoms with van der Waals surface area (Å²) in [5.74, 6) is -4.19. The smallest absolute Gasteiger partial charge is 0.341 e. The lowest BCUT2D eigenvalue weighted by Gasteiger charge is -2.49. The molecule has 5 fully saturated rings. The van der Waals surface area contributed by atoms with Crippen LogP contribution in [0.5, 0.6) is 0 Å². The number of carbonyl (C=O) groups excluding carboxylic acids is 1. The minimum atomic E-state index is -1.76. The minimum absolute atomic E-state index is 0.0101. The second kappa shape index (κ2) is 22.1. The van der Waals surface area contributed by atoms with Gasteiger partial charge in [0.2, 0.25) is 11.3 Å². The zero-order chi connectivity index (χ0) is 50.2. The SMILES string of the molecule is C[C@@H]1CN(c2c(F)c(N)c3c(=O)c(C(=O)O)cn(C4CC4)c3c2F)C[C@H](C)N1.NCC[C@@H](O)C(=O)NC1CC(N)C(OC2OC(CN)C(O)C(O)C2O)C(O)C1OC1OC(CO)C(O)C(N)C1O. The van der Waals surface area contributed by atoms with Crippen LogP contribution in [0.4, 0.5) is 20.2 Å². The van der Waals surface area contributed by atoms with Gasteiger partial charge in [-0.1, -0.05) is 0 Å². The highest BCUT2D eigenvalue weighted by Gasteiger charge is 2.53. The van der Waals surface area contributed by atoms with E-state index >= 15 is 8.78 Å². The van der Waals surface area contributed by atoms with Crippen LogP contribution in [-0.2, 0) is 23.7 Å². The van der Waals surface area contributed by atoms with Gasteiger partial charge in [0.25, 0.3) is 0 Å². The van der Waals surface area contributed by atoms with E-state index in [2.05, 4.69) is 10.6 Å². The number of carboxylic acid groups (broad SMARTS) is 1. The number of piperazine rings is 1. The molecule has 1 amide bonds. The average Bonchev–Trinajstić information content (AvgIpc) is 4.14. The summed E-state index contributed by atoms with van der Waals surface area (Å²) in [6.07, 6.45) is -17.2. The molecule has 1 aromatic heterocycles. The molecule has 3 aliphatic heterocycles. The summed E-state index contributed by atoms with van der Waals surface area (Å²) in [5.41, 5.74) is 26.6. The molecule has 1 aromatic carbocycles. The Kier molecular flexibility index (Phi) is 17.4. The van der Waals surface area contributed by atoms with Gasteiger partial charge in [-0.05, 0) is 46.1 Å². The van der Waals surface area contributed by atoms with Crippen LogP contribution in [0.2, 0.25) is 0 Å². The molecule has 5 aliphatic rings. The van der Waals surface area contributed by atoms with Crippen LogP contribution in [0.15, 0.2) is 11.0 Å². The van der Waals surface area contributed by atoms with Crippen molar-refractivity contribution in [2.75, 3.05) is 43.4 Å². The molecule has 2 aliphatic carbocycles. The Morgan fingerprint density at radius 3 is 2.07 bits per heavy atom. The van der Waals surface area contributed by atoms with Crippen molar-refractivity contribution in [3.63, 3.8) is 0 Å². The van der Waals surface area contributed by atoms with E-state index in [-0.39, 0.29) is 55.3 Å². The highest BCUT2D eigenvalue weighted by molar-refractivity contribution is 5.99. The number of halogens is 2. The second-order valence-corrected chi connectivity index (χ2v) is 18.1. The van der Waals surface area contributed by atoms with Gasteiger partial charge in [0.1, 0.15) is 78.4 Å². The van der Waals surface area contributed by atoms with Crippen molar-refractivity contribution in [1.29, 1.82) is 0 Å². The maximum absolute atomic E-state index is 15.6. The molecular weight excluding hydrogens is 912 g/mol. The van der Waals surface area contributed by atoms with E-state index in [0.717, 1.165) is 19.0 Å². The zero-order valence-electron chi connectivity index (χ0n) is 37.3. The molecule has 25 nitrogen and oxygen atoms in total. The number of amides is 1. The predicted molar refractivity (Wildman–Crippen MR) is 233 cm³/mol. The Hall–Kier alpha value is -3.85. The predicted octanol–water partition coefficient (Wildman–Crippen LogP) is -6.34. The number of carboxylic acids is 1. The third-order valence-electron chi connectivity index (χ3n) is 12.9. The Balaban J connectivity index is 0.000000237. The summed E-state index contributed by atoms with van der Waals surface area (Å²) in [4.78, 5) is 38.3. The van der Waals surface area contributed by atoms with Gasteiger partial charge in [0.05, 0.1) is 35.3 Å². The summed E-state index contributed by atoms with van der Waals surface area (Å²) in [7, 11) is 0. The standard InChI is InChI=1S/C22H43N5O13.C19H22F2N4O3/c23-2-1-8(29)20(36)27-7-3-6(25)18(39-22-16(34)15(33)13(31)9(4-24)37-22)17(35)19(7)40-21-14(32)11(26)12(30)10(5-28)38-21;1-8-5-24(6-9(2)23-8)17-13(20)15(22)12-16(14(17)21)25(10-3-4-10)7-11(18(12)26)19(27)28/h6-19,21-22,28-35H,1-5,23-26H2,(H,27,36);7-10,23H,3-6,22H2,1-2H3,(H,27,28)/t6?,7?,8-,9?,10?,11?,12?,13?,14?,15?,16?,17?,18?,19?,21?,22?;8-,9+/m1./s1. The van der Waals surface area contributed by atoms with Gasteiger partial charge >= 0.3 is 5.97 Å². The van der Waals surface area contributed by atoms with E-state index in [1.54, 1.807) is 4.90 Å². The first kappa shape index (κ1) is 53.5.